The molecule has 1 aromatic carbocycles. The number of allylic oxidation sites excluding steroid dienone is 5. The predicted molar refractivity (Wildman–Crippen MR) is 113 cm³/mol. The van der Waals surface area contributed by atoms with Gasteiger partial charge in [-0.25, -0.2) is 0 Å². The topological polar surface area (TPSA) is 38.3 Å². The molecule has 1 N–H and O–H groups in total. The minimum Gasteiger partial charge on any atom is -0.497 e. The first kappa shape index (κ1) is 20.4. The molecule has 1 aliphatic carbocycles. The van der Waals surface area contributed by atoms with Gasteiger partial charge in [0.1, 0.15) is 5.75 Å². The molecule has 0 saturated heterocycles. The number of hydrogen-bond acceptors (Lipinski definition) is 4. The van der Waals surface area contributed by atoms with Crippen LogP contribution in [0.15, 0.2) is 58.7 Å². The fourth-order valence-corrected chi connectivity index (χ4v) is 3.77. The van der Waals surface area contributed by atoms with Gasteiger partial charge < -0.3 is 10.1 Å². The smallest absolute Gasteiger partial charge is 0.181 e. The Bertz CT molecular complexity index is 727. The van der Waals surface area contributed by atoms with Gasteiger partial charge in [-0.15, -0.1) is 11.8 Å². The molecule has 4 heteroatoms. The first-order chi connectivity index (χ1) is 12.4. The van der Waals surface area contributed by atoms with E-state index in [1.165, 1.54) is 35.7 Å². The van der Waals surface area contributed by atoms with Crippen LogP contribution in [0.4, 0.5) is 5.69 Å². The van der Waals surface area contributed by atoms with Gasteiger partial charge in [-0.05, 0) is 73.8 Å². The average Bonchev–Trinajstić information content (AvgIpc) is 2.60. The lowest BCUT2D eigenvalue weighted by atomic mass is 9.72. The van der Waals surface area contributed by atoms with Crippen molar-refractivity contribution in [2.45, 2.75) is 40.0 Å². The molecule has 26 heavy (non-hydrogen) atoms. The number of thioether (sulfide) groups is 1. The molecule has 140 valence electrons. The maximum Gasteiger partial charge on any atom is 0.181 e. The molecule has 2 rings (SSSR count). The minimum atomic E-state index is -0.00275. The highest BCUT2D eigenvalue weighted by molar-refractivity contribution is 8.02. The largest absolute Gasteiger partial charge is 0.497 e. The van der Waals surface area contributed by atoms with E-state index in [1.54, 1.807) is 19.3 Å². The fourth-order valence-electron chi connectivity index (χ4n) is 3.32. The molecule has 0 unspecified atom stereocenters. The van der Waals surface area contributed by atoms with E-state index < -0.39 is 0 Å². The van der Waals surface area contributed by atoms with E-state index in [1.807, 2.05) is 36.6 Å². The number of nitrogens with one attached hydrogen (secondary N) is 1. The molecular weight excluding hydrogens is 342 g/mol. The van der Waals surface area contributed by atoms with Crippen LogP contribution in [0.5, 0.6) is 5.75 Å². The third-order valence-electron chi connectivity index (χ3n) is 4.81. The molecule has 0 bridgehead atoms. The minimum absolute atomic E-state index is 0.00275. The first-order valence-corrected chi connectivity index (χ1v) is 10.2. The average molecular weight is 372 g/mol. The normalized spacial score (nSPS) is 17.5. The van der Waals surface area contributed by atoms with Gasteiger partial charge in [-0.3, -0.25) is 4.79 Å². The highest BCUT2D eigenvalue weighted by Gasteiger charge is 2.26. The lowest BCUT2D eigenvalue weighted by Crippen LogP contribution is -2.19. The number of methoxy groups -OCH3 is 1. The highest BCUT2D eigenvalue weighted by Crippen LogP contribution is 2.40. The van der Waals surface area contributed by atoms with Crippen LogP contribution in [0.3, 0.4) is 0 Å². The Labute approximate surface area is 161 Å². The standard InChI is InChI=1S/C22H29NO2S/c1-16-7-6-14-22(2,3)20(16)13-10-18(24)15-21(26-5)23-17-8-11-19(25-4)12-9-17/h8-13,15,23H,6-7,14H2,1-5H3/b13-10+,21-15+. The predicted octanol–water partition coefficient (Wildman–Crippen LogP) is 5.96. The second kappa shape index (κ2) is 9.13. The van der Waals surface area contributed by atoms with E-state index in [9.17, 15) is 4.79 Å². The lowest BCUT2D eigenvalue weighted by molar-refractivity contribution is -0.110. The Morgan fingerprint density at radius 3 is 2.54 bits per heavy atom. The zero-order valence-corrected chi connectivity index (χ0v) is 17.2. The molecule has 0 aromatic heterocycles. The van der Waals surface area contributed by atoms with Crippen LogP contribution in [0.1, 0.15) is 40.0 Å². The number of ether oxygens (including phenoxy) is 1. The third-order valence-corrected chi connectivity index (χ3v) is 5.47. The molecule has 0 fully saturated rings. The Morgan fingerprint density at radius 1 is 1.27 bits per heavy atom. The second-order valence-corrected chi connectivity index (χ2v) is 8.08. The van der Waals surface area contributed by atoms with Crippen molar-refractivity contribution in [3.05, 3.63) is 58.7 Å². The molecule has 0 atom stereocenters. The van der Waals surface area contributed by atoms with E-state index in [0.29, 0.717) is 0 Å². The van der Waals surface area contributed by atoms with E-state index >= 15 is 0 Å². The van der Waals surface area contributed by atoms with Gasteiger partial charge in [0.2, 0.25) is 0 Å². The van der Waals surface area contributed by atoms with E-state index in [0.717, 1.165) is 22.9 Å². The number of anilines is 1. The number of carbonyl (C=O) groups excluding carboxylic acids is 1. The number of benzene rings is 1. The molecule has 0 heterocycles. The molecule has 1 aromatic rings. The van der Waals surface area contributed by atoms with E-state index in [4.69, 9.17) is 4.74 Å². The van der Waals surface area contributed by atoms with Crippen molar-refractivity contribution in [3.8, 4) is 5.75 Å². The number of carbonyl (C=O) groups is 1. The summed E-state index contributed by atoms with van der Waals surface area (Å²) in [5, 5.41) is 4.09. The molecule has 0 saturated carbocycles. The van der Waals surface area contributed by atoms with Gasteiger partial charge in [-0.2, -0.15) is 0 Å². The quantitative estimate of drug-likeness (QED) is 0.600. The molecule has 0 amide bonds. The third kappa shape index (κ3) is 5.53. The van der Waals surface area contributed by atoms with Crippen LogP contribution in [0, 0.1) is 5.41 Å². The summed E-state index contributed by atoms with van der Waals surface area (Å²) in [5.74, 6) is 0.806. The monoisotopic (exact) mass is 371 g/mol. The van der Waals surface area contributed by atoms with Gasteiger partial charge >= 0.3 is 0 Å². The van der Waals surface area contributed by atoms with E-state index in [2.05, 4.69) is 26.1 Å². The van der Waals surface area contributed by atoms with Gasteiger partial charge in [0, 0.05) is 11.8 Å². The maximum absolute atomic E-state index is 12.4. The first-order valence-electron chi connectivity index (χ1n) is 8.95. The van der Waals surface area contributed by atoms with Crippen molar-refractivity contribution in [1.82, 2.24) is 0 Å². The second-order valence-electron chi connectivity index (χ2n) is 7.23. The Balaban J connectivity index is 2.09. The van der Waals surface area contributed by atoms with E-state index in [-0.39, 0.29) is 11.2 Å². The summed E-state index contributed by atoms with van der Waals surface area (Å²) in [6, 6.07) is 7.65. The zero-order chi connectivity index (χ0) is 19.2. The number of ketones is 1. The van der Waals surface area contributed by atoms with Crippen molar-refractivity contribution in [2.75, 3.05) is 18.7 Å². The Kier molecular flexibility index (Phi) is 7.15. The zero-order valence-electron chi connectivity index (χ0n) is 16.4. The van der Waals surface area contributed by atoms with Gasteiger partial charge in [-0.1, -0.05) is 25.5 Å². The molecule has 3 nitrogen and oxygen atoms in total. The van der Waals surface area contributed by atoms with Gasteiger partial charge in [0.05, 0.1) is 12.1 Å². The van der Waals surface area contributed by atoms with Crippen LogP contribution in [0.2, 0.25) is 0 Å². The summed E-state index contributed by atoms with van der Waals surface area (Å²) >= 11 is 1.52. The van der Waals surface area contributed by atoms with Crippen molar-refractivity contribution in [1.29, 1.82) is 0 Å². The Hall–Kier alpha value is -1.94. The van der Waals surface area contributed by atoms with Gasteiger partial charge in [0.15, 0.2) is 5.78 Å². The molecule has 1 aliphatic rings. The number of hydrogen-bond donors (Lipinski definition) is 1. The highest BCUT2D eigenvalue weighted by atomic mass is 32.2. The van der Waals surface area contributed by atoms with Crippen molar-refractivity contribution >= 4 is 23.2 Å². The molecular formula is C22H29NO2S. The SMILES string of the molecule is COc1ccc(N/C(=C\C(=O)/C=C/C2=C(C)CCCC2(C)C)SC)cc1. The molecule has 0 aliphatic heterocycles. The lowest BCUT2D eigenvalue weighted by Gasteiger charge is -2.32. The Morgan fingerprint density at radius 2 is 1.96 bits per heavy atom. The van der Waals surface area contributed by atoms with Crippen LogP contribution >= 0.6 is 11.8 Å². The summed E-state index contributed by atoms with van der Waals surface area (Å²) in [4.78, 5) is 12.4. The fraction of sp³-hybridized carbons (Fsp3) is 0.409. The van der Waals surface area contributed by atoms with Crippen molar-refractivity contribution in [3.63, 3.8) is 0 Å². The number of rotatable bonds is 7. The summed E-state index contributed by atoms with van der Waals surface area (Å²) in [6.45, 7) is 6.70. The van der Waals surface area contributed by atoms with Crippen molar-refractivity contribution in [2.24, 2.45) is 5.41 Å². The molecule has 0 radical (unpaired) electrons. The molecule has 0 spiro atoms. The van der Waals surface area contributed by atoms with Crippen LogP contribution in [-0.4, -0.2) is 19.1 Å². The van der Waals surface area contributed by atoms with Crippen LogP contribution in [-0.2, 0) is 4.79 Å². The summed E-state index contributed by atoms with van der Waals surface area (Å²) in [5.41, 5.74) is 3.78. The summed E-state index contributed by atoms with van der Waals surface area (Å²) in [6.07, 6.45) is 10.8. The van der Waals surface area contributed by atoms with Crippen LogP contribution in [0.25, 0.3) is 0 Å². The van der Waals surface area contributed by atoms with Crippen molar-refractivity contribution < 1.29 is 9.53 Å². The van der Waals surface area contributed by atoms with Crippen LogP contribution < -0.4 is 10.1 Å². The van der Waals surface area contributed by atoms with Gasteiger partial charge in [0.25, 0.3) is 0 Å². The summed E-state index contributed by atoms with van der Waals surface area (Å²) < 4.78 is 5.16. The summed E-state index contributed by atoms with van der Waals surface area (Å²) in [7, 11) is 1.64. The maximum atomic E-state index is 12.4.